The molecule has 0 unspecified atom stereocenters. The molecule has 0 amide bonds. The molecular weight excluding hydrogens is 304 g/mol. The Balaban J connectivity index is 2.41. The Kier molecular flexibility index (Phi) is 5.78. The molecule has 0 fully saturated rings. The molecule has 0 heterocycles. The van der Waals surface area contributed by atoms with Crippen LogP contribution in [0.4, 0.5) is 0 Å². The zero-order valence-corrected chi connectivity index (χ0v) is 14.6. The molecule has 2 aromatic carbocycles. The van der Waals surface area contributed by atoms with Crippen LogP contribution in [0, 0.1) is 0 Å². The van der Waals surface area contributed by atoms with Gasteiger partial charge in [-0.3, -0.25) is 0 Å². The van der Waals surface area contributed by atoms with E-state index in [4.69, 9.17) is 9.47 Å². The Morgan fingerprint density at radius 1 is 0.667 bits per heavy atom. The van der Waals surface area contributed by atoms with E-state index in [9.17, 15) is 10.2 Å². The van der Waals surface area contributed by atoms with Crippen LogP contribution in [0.2, 0.25) is 0 Å². The third-order valence-electron chi connectivity index (χ3n) is 4.97. The van der Waals surface area contributed by atoms with Crippen molar-refractivity contribution in [3.05, 3.63) is 71.8 Å². The second-order valence-electron chi connectivity index (χ2n) is 6.24. The van der Waals surface area contributed by atoms with Gasteiger partial charge in [-0.05, 0) is 25.0 Å². The maximum Gasteiger partial charge on any atom is 0.118 e. The molecule has 2 aromatic rings. The summed E-state index contributed by atoms with van der Waals surface area (Å²) in [4.78, 5) is 0. The van der Waals surface area contributed by atoms with Crippen LogP contribution in [0.1, 0.15) is 25.0 Å². The standard InChI is InChI=1S/C20H26O4/c1-19(23-3,15-11-7-5-8-12-15)17(21)18(22)20(2,24-4)16-13-9-6-10-14-16/h5-14,17-18,21-22H,1-4H3/t17-,18-,19-,20-/m1/s1. The lowest BCUT2D eigenvalue weighted by molar-refractivity contribution is -0.199. The predicted octanol–water partition coefficient (Wildman–Crippen LogP) is 2.83. The van der Waals surface area contributed by atoms with Gasteiger partial charge in [-0.2, -0.15) is 0 Å². The normalized spacial score (nSPS) is 19.1. The fraction of sp³-hybridized carbons (Fsp3) is 0.400. The van der Waals surface area contributed by atoms with Gasteiger partial charge in [0.15, 0.2) is 0 Å². The van der Waals surface area contributed by atoms with Gasteiger partial charge in [-0.25, -0.2) is 0 Å². The van der Waals surface area contributed by atoms with Gasteiger partial charge in [0.1, 0.15) is 23.4 Å². The van der Waals surface area contributed by atoms with Crippen LogP contribution < -0.4 is 0 Å². The predicted molar refractivity (Wildman–Crippen MR) is 93.6 cm³/mol. The van der Waals surface area contributed by atoms with Crippen molar-refractivity contribution in [2.45, 2.75) is 37.3 Å². The molecule has 0 aromatic heterocycles. The molecule has 4 nitrogen and oxygen atoms in total. The van der Waals surface area contributed by atoms with Crippen LogP contribution >= 0.6 is 0 Å². The SMILES string of the molecule is CO[C@](C)(c1ccccc1)[C@H](O)[C@@H](O)[C@](C)(OC)c1ccccc1. The van der Waals surface area contributed by atoms with E-state index < -0.39 is 23.4 Å². The van der Waals surface area contributed by atoms with E-state index in [0.717, 1.165) is 11.1 Å². The third-order valence-corrected chi connectivity index (χ3v) is 4.97. The molecule has 4 atom stereocenters. The van der Waals surface area contributed by atoms with Gasteiger partial charge >= 0.3 is 0 Å². The maximum absolute atomic E-state index is 11.0. The summed E-state index contributed by atoms with van der Waals surface area (Å²) in [5, 5.41) is 21.9. The highest BCUT2D eigenvalue weighted by Crippen LogP contribution is 2.37. The van der Waals surface area contributed by atoms with E-state index >= 15 is 0 Å². The van der Waals surface area contributed by atoms with Crippen LogP contribution in [0.5, 0.6) is 0 Å². The monoisotopic (exact) mass is 330 g/mol. The molecule has 130 valence electrons. The summed E-state index contributed by atoms with van der Waals surface area (Å²) in [6.45, 7) is 3.52. The molecule has 0 saturated carbocycles. The highest BCUT2D eigenvalue weighted by Gasteiger charge is 2.48. The van der Waals surface area contributed by atoms with Crippen LogP contribution in [-0.2, 0) is 20.7 Å². The van der Waals surface area contributed by atoms with Gasteiger partial charge in [0.2, 0.25) is 0 Å². The zero-order chi connectivity index (χ0) is 17.8. The molecule has 0 aliphatic carbocycles. The van der Waals surface area contributed by atoms with Crippen molar-refractivity contribution in [2.24, 2.45) is 0 Å². The van der Waals surface area contributed by atoms with Crippen LogP contribution in [0.25, 0.3) is 0 Å². The van der Waals surface area contributed by atoms with Crippen molar-refractivity contribution in [2.75, 3.05) is 14.2 Å². The largest absolute Gasteiger partial charge is 0.387 e. The minimum Gasteiger partial charge on any atom is -0.387 e. The molecule has 0 spiro atoms. The van der Waals surface area contributed by atoms with Gasteiger partial charge in [-0.1, -0.05) is 60.7 Å². The smallest absolute Gasteiger partial charge is 0.118 e. The highest BCUT2D eigenvalue weighted by atomic mass is 16.5. The Bertz CT molecular complexity index is 573. The first-order valence-corrected chi connectivity index (χ1v) is 7.97. The van der Waals surface area contributed by atoms with E-state index in [0.29, 0.717) is 0 Å². The fourth-order valence-corrected chi connectivity index (χ4v) is 2.96. The number of hydrogen-bond acceptors (Lipinski definition) is 4. The molecule has 4 heteroatoms. The first kappa shape index (κ1) is 18.6. The summed E-state index contributed by atoms with van der Waals surface area (Å²) < 4.78 is 11.2. The van der Waals surface area contributed by atoms with Gasteiger partial charge < -0.3 is 19.7 Å². The van der Waals surface area contributed by atoms with Crippen molar-refractivity contribution in [3.8, 4) is 0 Å². The Labute approximate surface area is 143 Å². The third kappa shape index (κ3) is 3.23. The molecule has 0 radical (unpaired) electrons. The minimum atomic E-state index is -1.20. The number of aliphatic hydroxyl groups is 2. The number of ether oxygens (including phenoxy) is 2. The lowest BCUT2D eigenvalue weighted by Gasteiger charge is -2.43. The summed E-state index contributed by atoms with van der Waals surface area (Å²) in [5.41, 5.74) is -0.582. The lowest BCUT2D eigenvalue weighted by Crippen LogP contribution is -2.54. The first-order valence-electron chi connectivity index (χ1n) is 7.97. The summed E-state index contributed by atoms with van der Waals surface area (Å²) in [7, 11) is 3.05. The average molecular weight is 330 g/mol. The Hall–Kier alpha value is -1.72. The van der Waals surface area contributed by atoms with Crippen molar-refractivity contribution in [1.82, 2.24) is 0 Å². The van der Waals surface area contributed by atoms with Crippen molar-refractivity contribution in [1.29, 1.82) is 0 Å². The van der Waals surface area contributed by atoms with E-state index in [1.165, 1.54) is 14.2 Å². The maximum atomic E-state index is 11.0. The molecule has 0 bridgehead atoms. The van der Waals surface area contributed by atoms with E-state index in [2.05, 4.69) is 0 Å². The Morgan fingerprint density at radius 2 is 0.958 bits per heavy atom. The van der Waals surface area contributed by atoms with Crippen LogP contribution in [0.3, 0.4) is 0 Å². The summed E-state index contributed by atoms with van der Waals surface area (Å²) >= 11 is 0. The summed E-state index contributed by atoms with van der Waals surface area (Å²) in [6.07, 6.45) is -2.40. The molecule has 0 aliphatic rings. The molecule has 0 aliphatic heterocycles. The van der Waals surface area contributed by atoms with Crippen LogP contribution in [0.15, 0.2) is 60.7 Å². The molecule has 2 N–H and O–H groups in total. The molecule has 2 rings (SSSR count). The van der Waals surface area contributed by atoms with E-state index in [-0.39, 0.29) is 0 Å². The van der Waals surface area contributed by atoms with E-state index in [1.54, 1.807) is 13.8 Å². The number of methoxy groups -OCH3 is 2. The number of aliphatic hydroxyl groups excluding tert-OH is 2. The number of rotatable bonds is 7. The zero-order valence-electron chi connectivity index (χ0n) is 14.6. The van der Waals surface area contributed by atoms with Crippen LogP contribution in [-0.4, -0.2) is 36.6 Å². The van der Waals surface area contributed by atoms with Gasteiger partial charge in [0.25, 0.3) is 0 Å². The number of hydrogen-bond donors (Lipinski definition) is 2. The molecule has 0 saturated heterocycles. The number of benzene rings is 2. The second kappa shape index (κ2) is 7.45. The second-order valence-corrected chi connectivity index (χ2v) is 6.24. The quantitative estimate of drug-likeness (QED) is 0.819. The Morgan fingerprint density at radius 3 is 1.21 bits per heavy atom. The van der Waals surface area contributed by atoms with Gasteiger partial charge in [0, 0.05) is 14.2 Å². The molecule has 24 heavy (non-hydrogen) atoms. The van der Waals surface area contributed by atoms with Crippen molar-refractivity contribution < 1.29 is 19.7 Å². The van der Waals surface area contributed by atoms with Crippen molar-refractivity contribution in [3.63, 3.8) is 0 Å². The lowest BCUT2D eigenvalue weighted by atomic mass is 9.78. The van der Waals surface area contributed by atoms with Crippen molar-refractivity contribution >= 4 is 0 Å². The van der Waals surface area contributed by atoms with Gasteiger partial charge in [0.05, 0.1) is 0 Å². The first-order chi connectivity index (χ1) is 11.4. The fourth-order valence-electron chi connectivity index (χ4n) is 2.96. The topological polar surface area (TPSA) is 58.9 Å². The summed E-state index contributed by atoms with van der Waals surface area (Å²) in [5.74, 6) is 0. The van der Waals surface area contributed by atoms with E-state index in [1.807, 2.05) is 60.7 Å². The highest BCUT2D eigenvalue weighted by molar-refractivity contribution is 5.28. The summed E-state index contributed by atoms with van der Waals surface area (Å²) in [6, 6.07) is 18.8. The average Bonchev–Trinajstić information content (AvgIpc) is 2.66. The minimum absolute atomic E-state index is 0.783. The van der Waals surface area contributed by atoms with Gasteiger partial charge in [-0.15, -0.1) is 0 Å². The molecular formula is C20H26O4.